The third kappa shape index (κ3) is 0.920. The smallest absolute Gasteiger partial charge is 0.230 e. The highest BCUT2D eigenvalue weighted by Gasteiger charge is 1.99. The number of hydrogen-bond donors (Lipinski definition) is 0. The molecule has 0 radical (unpaired) electrons. The first-order chi connectivity index (χ1) is 5.38. The Kier molecular flexibility index (Phi) is 1.25. The predicted octanol–water partition coefficient (Wildman–Crippen LogP) is 0.606. The van der Waals surface area contributed by atoms with E-state index in [-0.39, 0.29) is 0 Å². The van der Waals surface area contributed by atoms with Crippen molar-refractivity contribution in [1.82, 2.24) is 19.3 Å². The van der Waals surface area contributed by atoms with Crippen LogP contribution in [0.4, 0.5) is 0 Å². The van der Waals surface area contributed by atoms with E-state index in [0.717, 1.165) is 5.95 Å². The van der Waals surface area contributed by atoms with E-state index in [4.69, 9.17) is 0 Å². The fourth-order valence-electron chi connectivity index (χ4n) is 0.966. The molecule has 0 saturated carbocycles. The Bertz CT molecular complexity index is 333. The van der Waals surface area contributed by atoms with Crippen molar-refractivity contribution in [3.8, 4) is 5.95 Å². The van der Waals surface area contributed by atoms with Crippen molar-refractivity contribution < 1.29 is 0 Å². The van der Waals surface area contributed by atoms with Crippen LogP contribution in [0.3, 0.4) is 0 Å². The standard InChI is InChI=1S/C7H8N4/c1-10-6-4-8-7(10)11-5-2-3-9-11/h2-6H,1H3. The molecular formula is C7H8N4. The minimum absolute atomic E-state index is 0.829. The van der Waals surface area contributed by atoms with Crippen LogP contribution in [0.25, 0.3) is 5.95 Å². The topological polar surface area (TPSA) is 35.6 Å². The predicted molar refractivity (Wildman–Crippen MR) is 40.3 cm³/mol. The van der Waals surface area contributed by atoms with Gasteiger partial charge in [-0.25, -0.2) is 9.67 Å². The molecule has 11 heavy (non-hydrogen) atoms. The van der Waals surface area contributed by atoms with Crippen LogP contribution in [0.15, 0.2) is 30.9 Å². The molecular weight excluding hydrogens is 140 g/mol. The number of rotatable bonds is 1. The van der Waals surface area contributed by atoms with Gasteiger partial charge in [-0.3, -0.25) is 0 Å². The van der Waals surface area contributed by atoms with E-state index in [1.165, 1.54) is 0 Å². The van der Waals surface area contributed by atoms with Gasteiger partial charge in [0.2, 0.25) is 5.95 Å². The molecule has 0 N–H and O–H groups in total. The minimum Gasteiger partial charge on any atom is -0.319 e. The summed E-state index contributed by atoms with van der Waals surface area (Å²) in [5, 5.41) is 4.05. The van der Waals surface area contributed by atoms with Crippen molar-refractivity contribution in [2.24, 2.45) is 7.05 Å². The zero-order chi connectivity index (χ0) is 7.68. The molecule has 2 heterocycles. The monoisotopic (exact) mass is 148 g/mol. The van der Waals surface area contributed by atoms with Gasteiger partial charge in [0.25, 0.3) is 0 Å². The van der Waals surface area contributed by atoms with Crippen molar-refractivity contribution in [3.63, 3.8) is 0 Å². The van der Waals surface area contributed by atoms with Crippen LogP contribution in [-0.4, -0.2) is 19.3 Å². The van der Waals surface area contributed by atoms with Crippen molar-refractivity contribution >= 4 is 0 Å². The maximum absolute atomic E-state index is 4.12. The Morgan fingerprint density at radius 2 is 2.18 bits per heavy atom. The van der Waals surface area contributed by atoms with Crippen LogP contribution in [-0.2, 0) is 7.05 Å². The van der Waals surface area contributed by atoms with Crippen LogP contribution >= 0.6 is 0 Å². The average molecular weight is 148 g/mol. The summed E-state index contributed by atoms with van der Waals surface area (Å²) in [5.74, 6) is 0.829. The lowest BCUT2D eigenvalue weighted by atomic mass is 10.7. The second kappa shape index (κ2) is 2.23. The molecule has 0 aliphatic heterocycles. The quantitative estimate of drug-likeness (QED) is 0.593. The highest BCUT2D eigenvalue weighted by Crippen LogP contribution is 1.99. The van der Waals surface area contributed by atoms with Gasteiger partial charge in [0.05, 0.1) is 0 Å². The first-order valence-corrected chi connectivity index (χ1v) is 3.35. The van der Waals surface area contributed by atoms with Gasteiger partial charge < -0.3 is 4.57 Å². The van der Waals surface area contributed by atoms with Crippen LogP contribution in [0.2, 0.25) is 0 Å². The highest BCUT2D eigenvalue weighted by molar-refractivity contribution is 5.10. The maximum atomic E-state index is 4.12. The first kappa shape index (κ1) is 6.15. The van der Waals surface area contributed by atoms with E-state index < -0.39 is 0 Å². The molecule has 4 nitrogen and oxygen atoms in total. The molecule has 56 valence electrons. The van der Waals surface area contributed by atoms with Crippen molar-refractivity contribution in [3.05, 3.63) is 30.9 Å². The summed E-state index contributed by atoms with van der Waals surface area (Å²) in [6.07, 6.45) is 7.23. The number of hydrogen-bond acceptors (Lipinski definition) is 2. The molecule has 0 amide bonds. The Morgan fingerprint density at radius 3 is 2.73 bits per heavy atom. The third-order valence-electron chi connectivity index (χ3n) is 1.51. The summed E-state index contributed by atoms with van der Waals surface area (Å²) < 4.78 is 3.63. The Morgan fingerprint density at radius 1 is 1.27 bits per heavy atom. The van der Waals surface area contributed by atoms with E-state index in [0.29, 0.717) is 0 Å². The van der Waals surface area contributed by atoms with E-state index in [1.807, 2.05) is 30.1 Å². The lowest BCUT2D eigenvalue weighted by molar-refractivity contribution is 0.750. The van der Waals surface area contributed by atoms with Gasteiger partial charge in [-0.05, 0) is 6.07 Å². The normalized spacial score (nSPS) is 10.3. The van der Waals surface area contributed by atoms with Gasteiger partial charge in [0.1, 0.15) is 0 Å². The molecule has 0 saturated heterocycles. The van der Waals surface area contributed by atoms with Gasteiger partial charge in [0.15, 0.2) is 0 Å². The van der Waals surface area contributed by atoms with Crippen molar-refractivity contribution in [1.29, 1.82) is 0 Å². The molecule has 0 unspecified atom stereocenters. The number of imidazole rings is 1. The fraction of sp³-hybridized carbons (Fsp3) is 0.143. The first-order valence-electron chi connectivity index (χ1n) is 3.35. The van der Waals surface area contributed by atoms with E-state index >= 15 is 0 Å². The van der Waals surface area contributed by atoms with E-state index in [1.54, 1.807) is 17.1 Å². The summed E-state index contributed by atoms with van der Waals surface area (Å²) in [7, 11) is 1.93. The Labute approximate surface area is 64.1 Å². The largest absolute Gasteiger partial charge is 0.319 e. The average Bonchev–Trinajstić information content (AvgIpc) is 2.55. The summed E-state index contributed by atoms with van der Waals surface area (Å²) in [5.41, 5.74) is 0. The van der Waals surface area contributed by atoms with Crippen LogP contribution < -0.4 is 0 Å². The fourth-order valence-corrected chi connectivity index (χ4v) is 0.966. The molecule has 2 aromatic heterocycles. The van der Waals surface area contributed by atoms with Gasteiger partial charge in [-0.2, -0.15) is 5.10 Å². The summed E-state index contributed by atoms with van der Waals surface area (Å²) in [6.45, 7) is 0. The van der Waals surface area contributed by atoms with E-state index in [9.17, 15) is 0 Å². The zero-order valence-corrected chi connectivity index (χ0v) is 6.18. The molecule has 0 bridgehead atoms. The molecule has 0 aromatic carbocycles. The minimum atomic E-state index is 0.829. The van der Waals surface area contributed by atoms with E-state index in [2.05, 4.69) is 10.1 Å². The lowest BCUT2D eigenvalue weighted by Gasteiger charge is -1.98. The third-order valence-corrected chi connectivity index (χ3v) is 1.51. The maximum Gasteiger partial charge on any atom is 0.230 e. The van der Waals surface area contributed by atoms with Crippen molar-refractivity contribution in [2.75, 3.05) is 0 Å². The van der Waals surface area contributed by atoms with Crippen LogP contribution in [0.1, 0.15) is 0 Å². The zero-order valence-electron chi connectivity index (χ0n) is 6.18. The Balaban J connectivity index is 2.53. The molecule has 2 aromatic rings. The number of aromatic nitrogens is 4. The molecule has 2 rings (SSSR count). The highest BCUT2D eigenvalue weighted by atomic mass is 15.4. The molecule has 0 aliphatic carbocycles. The van der Waals surface area contributed by atoms with Crippen molar-refractivity contribution in [2.45, 2.75) is 0 Å². The molecule has 0 fully saturated rings. The molecule has 0 spiro atoms. The van der Waals surface area contributed by atoms with Gasteiger partial charge in [-0.1, -0.05) is 0 Å². The lowest BCUT2D eigenvalue weighted by Crippen LogP contribution is -2.02. The van der Waals surface area contributed by atoms with Crippen LogP contribution in [0.5, 0.6) is 0 Å². The van der Waals surface area contributed by atoms with Crippen LogP contribution in [0, 0.1) is 0 Å². The van der Waals surface area contributed by atoms with Gasteiger partial charge in [-0.15, -0.1) is 0 Å². The van der Waals surface area contributed by atoms with Gasteiger partial charge in [0, 0.05) is 31.8 Å². The molecule has 4 heteroatoms. The molecule has 0 aliphatic rings. The Hall–Kier alpha value is -1.58. The second-order valence-corrected chi connectivity index (χ2v) is 2.29. The SMILES string of the molecule is Cn1ccnc1-n1cccn1. The summed E-state index contributed by atoms with van der Waals surface area (Å²) in [4.78, 5) is 4.12. The number of nitrogens with zero attached hydrogens (tertiary/aromatic N) is 4. The van der Waals surface area contributed by atoms with Gasteiger partial charge >= 0.3 is 0 Å². The number of aryl methyl sites for hydroxylation is 1. The summed E-state index contributed by atoms with van der Waals surface area (Å²) in [6, 6.07) is 1.87. The molecule has 0 atom stereocenters. The second-order valence-electron chi connectivity index (χ2n) is 2.29. The summed E-state index contributed by atoms with van der Waals surface area (Å²) >= 11 is 0.